The van der Waals surface area contributed by atoms with Crippen LogP contribution < -0.4 is 15.8 Å². The minimum Gasteiger partial charge on any atom is -0.495 e. The summed E-state index contributed by atoms with van der Waals surface area (Å²) in [6, 6.07) is 4.12. The van der Waals surface area contributed by atoms with Gasteiger partial charge in [-0.3, -0.25) is 19.3 Å². The summed E-state index contributed by atoms with van der Waals surface area (Å²) in [6.07, 6.45) is 0.512. The summed E-state index contributed by atoms with van der Waals surface area (Å²) in [5, 5.41) is 2.61. The summed E-state index contributed by atoms with van der Waals surface area (Å²) in [6.45, 7) is 0. The van der Waals surface area contributed by atoms with Gasteiger partial charge in [-0.25, -0.2) is 0 Å². The number of methoxy groups -OCH3 is 1. The third-order valence-electron chi connectivity index (χ3n) is 3.49. The number of likely N-dealkylation sites (N-methyl/N-ethyl adjacent to an activating group) is 1. The highest BCUT2D eigenvalue weighted by Crippen LogP contribution is 2.25. The van der Waals surface area contributed by atoms with Crippen molar-refractivity contribution in [3.63, 3.8) is 0 Å². The number of anilines is 1. The summed E-state index contributed by atoms with van der Waals surface area (Å²) in [5.41, 5.74) is 6.30. The maximum absolute atomic E-state index is 12.2. The van der Waals surface area contributed by atoms with E-state index < -0.39 is 17.9 Å². The van der Waals surface area contributed by atoms with E-state index in [1.807, 2.05) is 0 Å². The van der Waals surface area contributed by atoms with E-state index in [-0.39, 0.29) is 30.0 Å². The van der Waals surface area contributed by atoms with Crippen LogP contribution in [0.15, 0.2) is 18.2 Å². The average molecular weight is 291 g/mol. The number of amides is 3. The highest BCUT2D eigenvalue weighted by atomic mass is 16.5. The number of hydrogen-bond donors (Lipinski definition) is 2. The molecule has 7 nitrogen and oxygen atoms in total. The molecular formula is C14H17N3O4. The smallest absolute Gasteiger partial charge is 0.254 e. The summed E-state index contributed by atoms with van der Waals surface area (Å²) in [4.78, 5) is 36.6. The van der Waals surface area contributed by atoms with Gasteiger partial charge in [-0.1, -0.05) is 6.07 Å². The van der Waals surface area contributed by atoms with Gasteiger partial charge in [-0.2, -0.15) is 0 Å². The Morgan fingerprint density at radius 2 is 2.14 bits per heavy atom. The van der Waals surface area contributed by atoms with Crippen molar-refractivity contribution in [3.05, 3.63) is 23.8 Å². The number of ether oxygens (including phenoxy) is 1. The third kappa shape index (κ3) is 2.81. The van der Waals surface area contributed by atoms with Gasteiger partial charge in [0.05, 0.1) is 18.4 Å². The van der Waals surface area contributed by atoms with Crippen LogP contribution in [0.2, 0.25) is 0 Å². The maximum atomic E-state index is 12.2. The van der Waals surface area contributed by atoms with Crippen molar-refractivity contribution in [2.24, 2.45) is 0 Å². The molecule has 0 saturated carbocycles. The normalized spacial score (nSPS) is 18.6. The van der Waals surface area contributed by atoms with E-state index in [9.17, 15) is 14.4 Å². The molecule has 3 N–H and O–H groups in total. The number of benzene rings is 1. The molecule has 0 aromatic heterocycles. The SMILES string of the molecule is COc1cccc(C(=O)NC2CCC(=O)N(C)C2=O)c1N. The highest BCUT2D eigenvalue weighted by molar-refractivity contribution is 6.05. The molecule has 1 unspecified atom stereocenters. The van der Waals surface area contributed by atoms with E-state index in [0.29, 0.717) is 5.75 Å². The minimum atomic E-state index is -0.717. The lowest BCUT2D eigenvalue weighted by Gasteiger charge is -2.28. The molecule has 1 aromatic rings. The third-order valence-corrected chi connectivity index (χ3v) is 3.49. The molecule has 1 saturated heterocycles. The molecular weight excluding hydrogens is 274 g/mol. The average Bonchev–Trinajstić information content (AvgIpc) is 2.48. The van der Waals surface area contributed by atoms with Crippen molar-refractivity contribution >= 4 is 23.4 Å². The Balaban J connectivity index is 2.15. The van der Waals surface area contributed by atoms with Crippen LogP contribution in [0.5, 0.6) is 5.75 Å². The number of para-hydroxylation sites is 1. The van der Waals surface area contributed by atoms with E-state index in [1.165, 1.54) is 14.2 Å². The fourth-order valence-corrected chi connectivity index (χ4v) is 2.21. The molecule has 0 bridgehead atoms. The Hall–Kier alpha value is -2.57. The Labute approximate surface area is 122 Å². The number of carbonyl (C=O) groups is 3. The molecule has 1 heterocycles. The number of hydrogen-bond acceptors (Lipinski definition) is 5. The fraction of sp³-hybridized carbons (Fsp3) is 0.357. The van der Waals surface area contributed by atoms with Gasteiger partial charge in [-0.05, 0) is 18.6 Å². The van der Waals surface area contributed by atoms with Gasteiger partial charge < -0.3 is 15.8 Å². The molecule has 1 aromatic carbocycles. The zero-order chi connectivity index (χ0) is 15.6. The monoisotopic (exact) mass is 291 g/mol. The van der Waals surface area contributed by atoms with E-state index in [1.54, 1.807) is 18.2 Å². The largest absolute Gasteiger partial charge is 0.495 e. The lowest BCUT2D eigenvalue weighted by molar-refractivity contribution is -0.147. The second kappa shape index (κ2) is 5.82. The van der Waals surface area contributed by atoms with Crippen molar-refractivity contribution in [2.75, 3.05) is 19.9 Å². The van der Waals surface area contributed by atoms with Gasteiger partial charge in [0, 0.05) is 13.5 Å². The van der Waals surface area contributed by atoms with Crippen molar-refractivity contribution in [2.45, 2.75) is 18.9 Å². The first kappa shape index (κ1) is 14.8. The Bertz CT molecular complexity index is 600. The summed E-state index contributed by atoms with van der Waals surface area (Å²) < 4.78 is 5.05. The Kier molecular flexibility index (Phi) is 4.11. The van der Waals surface area contributed by atoms with Gasteiger partial charge in [0.15, 0.2) is 0 Å². The van der Waals surface area contributed by atoms with Crippen molar-refractivity contribution < 1.29 is 19.1 Å². The first-order valence-electron chi connectivity index (χ1n) is 6.49. The van der Waals surface area contributed by atoms with Crippen molar-refractivity contribution in [1.29, 1.82) is 0 Å². The van der Waals surface area contributed by atoms with Gasteiger partial charge in [0.25, 0.3) is 11.8 Å². The number of rotatable bonds is 3. The highest BCUT2D eigenvalue weighted by Gasteiger charge is 2.33. The van der Waals surface area contributed by atoms with Crippen LogP contribution in [0.25, 0.3) is 0 Å². The van der Waals surface area contributed by atoms with Crippen LogP contribution in [0.3, 0.4) is 0 Å². The zero-order valence-electron chi connectivity index (χ0n) is 11.9. The molecule has 1 aliphatic rings. The first-order chi connectivity index (χ1) is 9.95. The predicted octanol–water partition coefficient (Wildman–Crippen LogP) is 0.155. The second-order valence-electron chi connectivity index (χ2n) is 4.78. The number of carbonyl (C=O) groups excluding carboxylic acids is 3. The van der Waals surface area contributed by atoms with Crippen LogP contribution >= 0.6 is 0 Å². The van der Waals surface area contributed by atoms with Gasteiger partial charge in [-0.15, -0.1) is 0 Å². The second-order valence-corrected chi connectivity index (χ2v) is 4.78. The standard InChI is InChI=1S/C14H17N3O4/c1-17-11(18)7-6-9(14(17)20)16-13(19)8-4-3-5-10(21-2)12(8)15/h3-5,9H,6-7,15H2,1-2H3,(H,16,19). The van der Waals surface area contributed by atoms with Crippen LogP contribution in [0.4, 0.5) is 5.69 Å². The fourth-order valence-electron chi connectivity index (χ4n) is 2.21. The minimum absolute atomic E-state index is 0.213. The molecule has 2 rings (SSSR count). The molecule has 0 spiro atoms. The van der Waals surface area contributed by atoms with E-state index >= 15 is 0 Å². The number of nitrogens with two attached hydrogens (primary N) is 1. The number of piperidine rings is 1. The van der Waals surface area contributed by atoms with E-state index in [0.717, 1.165) is 4.90 Å². The summed E-state index contributed by atoms with van der Waals surface area (Å²) in [5.74, 6) is -0.732. The molecule has 21 heavy (non-hydrogen) atoms. The molecule has 3 amide bonds. The topological polar surface area (TPSA) is 102 Å². The molecule has 1 aliphatic heterocycles. The van der Waals surface area contributed by atoms with Gasteiger partial charge in [0.1, 0.15) is 11.8 Å². The van der Waals surface area contributed by atoms with E-state index in [4.69, 9.17) is 10.5 Å². The van der Waals surface area contributed by atoms with E-state index in [2.05, 4.69) is 5.32 Å². The molecule has 1 atom stereocenters. The number of nitrogens with zero attached hydrogens (tertiary/aromatic N) is 1. The molecule has 1 fully saturated rings. The molecule has 112 valence electrons. The molecule has 7 heteroatoms. The van der Waals surface area contributed by atoms with Crippen LogP contribution in [-0.4, -0.2) is 42.8 Å². The molecule has 0 aliphatic carbocycles. The quantitative estimate of drug-likeness (QED) is 0.610. The number of imide groups is 1. The van der Waals surface area contributed by atoms with Gasteiger partial charge >= 0.3 is 0 Å². The number of nitrogen functional groups attached to an aromatic ring is 1. The predicted molar refractivity (Wildman–Crippen MR) is 75.7 cm³/mol. The number of nitrogens with one attached hydrogen (secondary N) is 1. The summed E-state index contributed by atoms with van der Waals surface area (Å²) >= 11 is 0. The Morgan fingerprint density at radius 3 is 2.81 bits per heavy atom. The lowest BCUT2D eigenvalue weighted by Crippen LogP contribution is -2.52. The summed E-state index contributed by atoms with van der Waals surface area (Å²) in [7, 11) is 2.86. The Morgan fingerprint density at radius 1 is 1.43 bits per heavy atom. The van der Waals surface area contributed by atoms with Gasteiger partial charge in [0.2, 0.25) is 5.91 Å². The number of likely N-dealkylation sites (tertiary alicyclic amines) is 1. The first-order valence-corrected chi connectivity index (χ1v) is 6.49. The zero-order valence-corrected chi connectivity index (χ0v) is 11.9. The van der Waals surface area contributed by atoms with Crippen molar-refractivity contribution in [1.82, 2.24) is 10.2 Å². The van der Waals surface area contributed by atoms with Crippen LogP contribution in [-0.2, 0) is 9.59 Å². The van der Waals surface area contributed by atoms with Crippen molar-refractivity contribution in [3.8, 4) is 5.75 Å². The molecule has 0 radical (unpaired) electrons. The van der Waals surface area contributed by atoms with Crippen LogP contribution in [0.1, 0.15) is 23.2 Å². The maximum Gasteiger partial charge on any atom is 0.254 e. The lowest BCUT2D eigenvalue weighted by atomic mass is 10.0. The van der Waals surface area contributed by atoms with Crippen LogP contribution in [0, 0.1) is 0 Å².